The van der Waals surface area contributed by atoms with Gasteiger partial charge in [-0.1, -0.05) is 24.3 Å². The fourth-order valence-corrected chi connectivity index (χ4v) is 4.42. The molecule has 2 bridgehead atoms. The zero-order valence-corrected chi connectivity index (χ0v) is 12.5. The predicted octanol–water partition coefficient (Wildman–Crippen LogP) is 2.19. The maximum absolute atomic E-state index is 12.6. The van der Waals surface area contributed by atoms with E-state index in [0.29, 0.717) is 18.1 Å². The number of amides is 1. The Balaban J connectivity index is 1.38. The molecule has 3 heteroatoms. The molecule has 3 nitrogen and oxygen atoms in total. The molecule has 2 N–H and O–H groups in total. The van der Waals surface area contributed by atoms with Gasteiger partial charge in [-0.2, -0.15) is 0 Å². The van der Waals surface area contributed by atoms with Crippen LogP contribution < -0.4 is 10.6 Å². The van der Waals surface area contributed by atoms with Crippen LogP contribution in [0.2, 0.25) is 0 Å². The minimum absolute atomic E-state index is 0.174. The Bertz CT molecular complexity index is 530. The summed E-state index contributed by atoms with van der Waals surface area (Å²) in [7, 11) is 0. The number of hydrogen-bond acceptors (Lipinski definition) is 2. The lowest BCUT2D eigenvalue weighted by atomic mass is 9.83. The van der Waals surface area contributed by atoms with E-state index in [1.54, 1.807) is 0 Å². The highest BCUT2D eigenvalue weighted by atomic mass is 16.1. The van der Waals surface area contributed by atoms with Crippen molar-refractivity contribution in [2.45, 2.75) is 63.1 Å². The molecule has 1 aliphatic carbocycles. The van der Waals surface area contributed by atoms with Gasteiger partial charge < -0.3 is 10.6 Å². The highest BCUT2D eigenvalue weighted by molar-refractivity contribution is 5.79. The monoisotopic (exact) mass is 284 g/mol. The van der Waals surface area contributed by atoms with Gasteiger partial charge in [-0.15, -0.1) is 0 Å². The van der Waals surface area contributed by atoms with Crippen molar-refractivity contribution < 1.29 is 4.79 Å². The van der Waals surface area contributed by atoms with Gasteiger partial charge in [0, 0.05) is 24.0 Å². The van der Waals surface area contributed by atoms with Gasteiger partial charge in [0.15, 0.2) is 0 Å². The molecule has 1 amide bonds. The molecule has 2 saturated heterocycles. The average Bonchev–Trinajstić information content (AvgIpc) is 2.85. The number of fused-ring (bicyclic) bond motifs is 3. The number of piperidine rings is 1. The van der Waals surface area contributed by atoms with Crippen molar-refractivity contribution in [3.05, 3.63) is 35.4 Å². The first-order valence-corrected chi connectivity index (χ1v) is 8.41. The molecule has 2 heterocycles. The lowest BCUT2D eigenvalue weighted by Crippen LogP contribution is -2.49. The second kappa shape index (κ2) is 5.45. The molecule has 3 unspecified atom stereocenters. The second-order valence-corrected chi connectivity index (χ2v) is 7.02. The Kier molecular flexibility index (Phi) is 3.46. The molecule has 1 aromatic rings. The summed E-state index contributed by atoms with van der Waals surface area (Å²) < 4.78 is 0. The normalized spacial score (nSPS) is 34.3. The zero-order chi connectivity index (χ0) is 14.2. The van der Waals surface area contributed by atoms with Crippen molar-refractivity contribution in [3.8, 4) is 0 Å². The van der Waals surface area contributed by atoms with E-state index < -0.39 is 0 Å². The molecule has 112 valence electrons. The molecular formula is C18H24N2O. The fraction of sp³-hybridized carbons (Fsp3) is 0.611. The van der Waals surface area contributed by atoms with Crippen LogP contribution in [0.25, 0.3) is 0 Å². The number of benzene rings is 1. The van der Waals surface area contributed by atoms with E-state index in [-0.39, 0.29) is 11.8 Å². The molecule has 0 saturated carbocycles. The first-order chi connectivity index (χ1) is 10.3. The van der Waals surface area contributed by atoms with E-state index in [1.807, 2.05) is 0 Å². The highest BCUT2D eigenvalue weighted by Gasteiger charge is 2.35. The molecule has 0 radical (unpaired) electrons. The second-order valence-electron chi connectivity index (χ2n) is 7.02. The predicted molar refractivity (Wildman–Crippen MR) is 83.1 cm³/mol. The quantitative estimate of drug-likeness (QED) is 0.874. The van der Waals surface area contributed by atoms with Gasteiger partial charge in [0.05, 0.1) is 0 Å². The van der Waals surface area contributed by atoms with Crippen LogP contribution in [-0.2, 0) is 17.6 Å². The van der Waals surface area contributed by atoms with Crippen LogP contribution in [0.3, 0.4) is 0 Å². The number of carbonyl (C=O) groups is 1. The van der Waals surface area contributed by atoms with Crippen molar-refractivity contribution in [3.63, 3.8) is 0 Å². The molecule has 4 rings (SSSR count). The number of hydrogen-bond donors (Lipinski definition) is 2. The van der Waals surface area contributed by atoms with Crippen molar-refractivity contribution in [2.75, 3.05) is 0 Å². The van der Waals surface area contributed by atoms with Gasteiger partial charge in [-0.25, -0.2) is 0 Å². The Morgan fingerprint density at radius 2 is 1.76 bits per heavy atom. The molecule has 2 fully saturated rings. The summed E-state index contributed by atoms with van der Waals surface area (Å²) in [6.45, 7) is 0. The van der Waals surface area contributed by atoms with Crippen LogP contribution >= 0.6 is 0 Å². The zero-order valence-electron chi connectivity index (χ0n) is 12.5. The summed E-state index contributed by atoms with van der Waals surface area (Å²) in [5.41, 5.74) is 2.80. The van der Waals surface area contributed by atoms with Gasteiger partial charge in [0.1, 0.15) is 0 Å². The number of carbonyl (C=O) groups excluding carboxylic acids is 1. The SMILES string of the molecule is O=C(NC1CC2CCC(C1)N2)C1CCc2ccccc2C1. The molecule has 0 spiro atoms. The maximum Gasteiger partial charge on any atom is 0.223 e. The molecule has 3 aliphatic rings. The van der Waals surface area contributed by atoms with E-state index in [1.165, 1.54) is 24.0 Å². The molecule has 3 atom stereocenters. The summed E-state index contributed by atoms with van der Waals surface area (Å²) in [6, 6.07) is 10.2. The van der Waals surface area contributed by atoms with E-state index in [4.69, 9.17) is 0 Å². The topological polar surface area (TPSA) is 41.1 Å². The Morgan fingerprint density at radius 3 is 2.52 bits per heavy atom. The molecule has 0 aromatic heterocycles. The summed E-state index contributed by atoms with van der Waals surface area (Å²) in [5, 5.41) is 6.98. The van der Waals surface area contributed by atoms with Crippen LogP contribution in [0, 0.1) is 5.92 Å². The van der Waals surface area contributed by atoms with Gasteiger partial charge in [-0.05, 0) is 56.1 Å². The van der Waals surface area contributed by atoms with Crippen LogP contribution in [0.5, 0.6) is 0 Å². The third-order valence-electron chi connectivity index (χ3n) is 5.54. The Labute approximate surface area is 126 Å². The van der Waals surface area contributed by atoms with Gasteiger partial charge in [0.2, 0.25) is 5.91 Å². The van der Waals surface area contributed by atoms with Gasteiger partial charge in [0.25, 0.3) is 0 Å². The van der Waals surface area contributed by atoms with Crippen LogP contribution in [0.15, 0.2) is 24.3 Å². The van der Waals surface area contributed by atoms with E-state index in [9.17, 15) is 4.79 Å². The Hall–Kier alpha value is -1.35. The van der Waals surface area contributed by atoms with E-state index >= 15 is 0 Å². The van der Waals surface area contributed by atoms with Crippen molar-refractivity contribution in [1.82, 2.24) is 10.6 Å². The summed E-state index contributed by atoms with van der Waals surface area (Å²) >= 11 is 0. The first-order valence-electron chi connectivity index (χ1n) is 8.41. The van der Waals surface area contributed by atoms with Gasteiger partial charge >= 0.3 is 0 Å². The Morgan fingerprint density at radius 1 is 1.05 bits per heavy atom. The molecule has 2 aliphatic heterocycles. The number of nitrogens with one attached hydrogen (secondary N) is 2. The van der Waals surface area contributed by atoms with E-state index in [2.05, 4.69) is 34.9 Å². The van der Waals surface area contributed by atoms with E-state index in [0.717, 1.165) is 32.1 Å². The minimum atomic E-state index is 0.174. The number of rotatable bonds is 2. The first kappa shape index (κ1) is 13.3. The standard InChI is InChI=1S/C18H24N2O/c21-18(20-17-10-15-7-8-16(11-17)19-15)14-6-5-12-3-1-2-4-13(12)9-14/h1-4,14-17,19H,5-11H2,(H,20,21). The largest absolute Gasteiger partial charge is 0.353 e. The molecule has 1 aromatic carbocycles. The fourth-order valence-electron chi connectivity index (χ4n) is 4.42. The molecule has 21 heavy (non-hydrogen) atoms. The third kappa shape index (κ3) is 2.71. The maximum atomic E-state index is 12.6. The van der Waals surface area contributed by atoms with Crippen LogP contribution in [0.1, 0.15) is 43.2 Å². The van der Waals surface area contributed by atoms with Crippen LogP contribution in [-0.4, -0.2) is 24.0 Å². The van der Waals surface area contributed by atoms with Crippen molar-refractivity contribution in [2.24, 2.45) is 5.92 Å². The summed E-state index contributed by atoms with van der Waals surface area (Å²) in [5.74, 6) is 0.461. The van der Waals surface area contributed by atoms with Crippen molar-refractivity contribution >= 4 is 5.91 Å². The highest BCUT2D eigenvalue weighted by Crippen LogP contribution is 2.29. The molecular weight excluding hydrogens is 260 g/mol. The smallest absolute Gasteiger partial charge is 0.223 e. The summed E-state index contributed by atoms with van der Waals surface area (Å²) in [6.07, 6.45) is 7.77. The minimum Gasteiger partial charge on any atom is -0.353 e. The third-order valence-corrected chi connectivity index (χ3v) is 5.54. The van der Waals surface area contributed by atoms with Gasteiger partial charge in [-0.3, -0.25) is 4.79 Å². The lowest BCUT2D eigenvalue weighted by molar-refractivity contribution is -0.126. The van der Waals surface area contributed by atoms with Crippen LogP contribution in [0.4, 0.5) is 0 Å². The lowest BCUT2D eigenvalue weighted by Gasteiger charge is -2.32. The van der Waals surface area contributed by atoms with Crippen molar-refractivity contribution in [1.29, 1.82) is 0 Å². The number of aryl methyl sites for hydroxylation is 1. The average molecular weight is 284 g/mol. The summed E-state index contributed by atoms with van der Waals surface area (Å²) in [4.78, 5) is 12.6.